The molecule has 1 aromatic carbocycles. The Kier molecular flexibility index (Phi) is 5.72. The van der Waals surface area contributed by atoms with Crippen LogP contribution in [-0.4, -0.2) is 79.8 Å². The number of benzene rings is 1. The SMILES string of the molecule is CC[C@H](O)CN1CCN(C(=O)Cc2ccc(-n3cnnn3)cc2)CC1. The molecule has 2 aromatic rings. The highest BCUT2D eigenvalue weighted by Gasteiger charge is 2.22. The van der Waals surface area contributed by atoms with E-state index in [4.69, 9.17) is 0 Å². The lowest BCUT2D eigenvalue weighted by atomic mass is 10.1. The summed E-state index contributed by atoms with van der Waals surface area (Å²) in [4.78, 5) is 16.6. The fraction of sp³-hybridized carbons (Fsp3) is 0.529. The highest BCUT2D eigenvalue weighted by atomic mass is 16.3. The third-order valence-corrected chi connectivity index (χ3v) is 4.57. The van der Waals surface area contributed by atoms with Crippen molar-refractivity contribution in [1.82, 2.24) is 30.0 Å². The lowest BCUT2D eigenvalue weighted by Gasteiger charge is -2.35. The molecule has 8 heteroatoms. The summed E-state index contributed by atoms with van der Waals surface area (Å²) in [6, 6.07) is 7.68. The predicted molar refractivity (Wildman–Crippen MR) is 92.2 cm³/mol. The molecule has 1 atom stereocenters. The van der Waals surface area contributed by atoms with Crippen LogP contribution in [0.1, 0.15) is 18.9 Å². The highest BCUT2D eigenvalue weighted by molar-refractivity contribution is 5.79. The fourth-order valence-corrected chi connectivity index (χ4v) is 2.94. The topological polar surface area (TPSA) is 87.4 Å². The average Bonchev–Trinajstić information content (AvgIpc) is 3.17. The summed E-state index contributed by atoms with van der Waals surface area (Å²) >= 11 is 0. The van der Waals surface area contributed by atoms with Crippen LogP contribution in [0.5, 0.6) is 0 Å². The number of aromatic nitrogens is 4. The molecule has 0 spiro atoms. The molecule has 1 amide bonds. The molecular formula is C17H24N6O2. The highest BCUT2D eigenvalue weighted by Crippen LogP contribution is 2.11. The van der Waals surface area contributed by atoms with Crippen molar-refractivity contribution >= 4 is 5.91 Å². The predicted octanol–water partition coefficient (Wildman–Crippen LogP) is 0.120. The number of hydrogen-bond acceptors (Lipinski definition) is 6. The molecule has 0 aliphatic carbocycles. The molecule has 0 radical (unpaired) electrons. The Morgan fingerprint density at radius 2 is 1.92 bits per heavy atom. The van der Waals surface area contributed by atoms with E-state index in [9.17, 15) is 9.90 Å². The lowest BCUT2D eigenvalue weighted by Crippen LogP contribution is -2.50. The molecule has 0 unspecified atom stereocenters. The molecule has 1 N–H and O–H groups in total. The van der Waals surface area contributed by atoms with Gasteiger partial charge in [0.2, 0.25) is 5.91 Å². The van der Waals surface area contributed by atoms with Gasteiger partial charge in [-0.3, -0.25) is 9.69 Å². The summed E-state index contributed by atoms with van der Waals surface area (Å²) in [5.41, 5.74) is 1.84. The van der Waals surface area contributed by atoms with E-state index in [0.29, 0.717) is 13.0 Å². The summed E-state index contributed by atoms with van der Waals surface area (Å²) in [6.45, 7) is 5.75. The number of aliphatic hydroxyl groups excluding tert-OH is 1. The van der Waals surface area contributed by atoms with Crippen molar-refractivity contribution in [3.8, 4) is 5.69 Å². The van der Waals surface area contributed by atoms with E-state index in [1.807, 2.05) is 36.1 Å². The molecule has 0 bridgehead atoms. The third kappa shape index (κ3) is 4.61. The van der Waals surface area contributed by atoms with Gasteiger partial charge in [0.1, 0.15) is 6.33 Å². The van der Waals surface area contributed by atoms with E-state index < -0.39 is 0 Å². The van der Waals surface area contributed by atoms with Crippen molar-refractivity contribution < 1.29 is 9.90 Å². The number of hydrogen-bond donors (Lipinski definition) is 1. The van der Waals surface area contributed by atoms with E-state index in [1.165, 1.54) is 6.33 Å². The summed E-state index contributed by atoms with van der Waals surface area (Å²) in [6.07, 6.45) is 2.42. The van der Waals surface area contributed by atoms with E-state index in [-0.39, 0.29) is 12.0 Å². The number of amides is 1. The number of nitrogens with zero attached hydrogens (tertiary/aromatic N) is 6. The molecule has 1 aliphatic rings. The minimum atomic E-state index is -0.277. The van der Waals surface area contributed by atoms with Crippen LogP contribution < -0.4 is 0 Å². The van der Waals surface area contributed by atoms with Gasteiger partial charge in [-0.2, -0.15) is 0 Å². The second-order valence-electron chi connectivity index (χ2n) is 6.34. The van der Waals surface area contributed by atoms with Crippen molar-refractivity contribution in [3.63, 3.8) is 0 Å². The maximum Gasteiger partial charge on any atom is 0.227 e. The minimum Gasteiger partial charge on any atom is -0.392 e. The number of aliphatic hydroxyl groups is 1. The fourth-order valence-electron chi connectivity index (χ4n) is 2.94. The van der Waals surface area contributed by atoms with Gasteiger partial charge in [-0.25, -0.2) is 4.68 Å². The van der Waals surface area contributed by atoms with Crippen LogP contribution in [0.3, 0.4) is 0 Å². The van der Waals surface area contributed by atoms with Gasteiger partial charge < -0.3 is 10.0 Å². The maximum absolute atomic E-state index is 12.5. The molecule has 134 valence electrons. The van der Waals surface area contributed by atoms with Crippen LogP contribution in [0.4, 0.5) is 0 Å². The van der Waals surface area contributed by atoms with E-state index in [2.05, 4.69) is 20.4 Å². The molecular weight excluding hydrogens is 320 g/mol. The standard InChI is InChI=1S/C17H24N6O2/c1-2-16(24)12-21-7-9-22(10-8-21)17(25)11-14-3-5-15(6-4-14)23-13-18-19-20-23/h3-6,13,16,24H,2,7-12H2,1H3/t16-/m0/s1. The van der Waals surface area contributed by atoms with Gasteiger partial charge in [0.25, 0.3) is 0 Å². The number of piperazine rings is 1. The smallest absolute Gasteiger partial charge is 0.227 e. The zero-order chi connectivity index (χ0) is 17.6. The molecule has 1 aromatic heterocycles. The summed E-state index contributed by atoms with van der Waals surface area (Å²) < 4.78 is 1.58. The Hall–Kier alpha value is -2.32. The van der Waals surface area contributed by atoms with Gasteiger partial charge in [0.15, 0.2) is 0 Å². The summed E-state index contributed by atoms with van der Waals surface area (Å²) in [5.74, 6) is 0.144. The van der Waals surface area contributed by atoms with Crippen molar-refractivity contribution in [1.29, 1.82) is 0 Å². The van der Waals surface area contributed by atoms with Crippen molar-refractivity contribution in [2.75, 3.05) is 32.7 Å². The Labute approximate surface area is 147 Å². The van der Waals surface area contributed by atoms with Crippen LogP contribution in [0.15, 0.2) is 30.6 Å². The maximum atomic E-state index is 12.5. The average molecular weight is 344 g/mol. The molecule has 8 nitrogen and oxygen atoms in total. The number of β-amino-alcohol motifs (C(OH)–C–C–N with tert-alkyl or cyclic N) is 1. The largest absolute Gasteiger partial charge is 0.392 e. The van der Waals surface area contributed by atoms with Gasteiger partial charge in [-0.1, -0.05) is 19.1 Å². The molecule has 1 aliphatic heterocycles. The van der Waals surface area contributed by atoms with Gasteiger partial charge in [-0.15, -0.1) is 5.10 Å². The summed E-state index contributed by atoms with van der Waals surface area (Å²) in [7, 11) is 0. The molecule has 0 saturated carbocycles. The van der Waals surface area contributed by atoms with E-state index in [1.54, 1.807) is 4.68 Å². The van der Waals surface area contributed by atoms with Gasteiger partial charge in [0.05, 0.1) is 18.2 Å². The van der Waals surface area contributed by atoms with Crippen LogP contribution in [-0.2, 0) is 11.2 Å². The quantitative estimate of drug-likeness (QED) is 0.801. The first-order valence-corrected chi connectivity index (χ1v) is 8.66. The first kappa shape index (κ1) is 17.5. The molecule has 1 fully saturated rings. The Morgan fingerprint density at radius 3 is 2.52 bits per heavy atom. The normalized spacial score (nSPS) is 16.8. The molecule has 2 heterocycles. The Bertz CT molecular complexity index is 665. The van der Waals surface area contributed by atoms with Crippen molar-refractivity contribution in [3.05, 3.63) is 36.2 Å². The van der Waals surface area contributed by atoms with Crippen LogP contribution in [0.2, 0.25) is 0 Å². The van der Waals surface area contributed by atoms with Gasteiger partial charge >= 0.3 is 0 Å². The van der Waals surface area contributed by atoms with Gasteiger partial charge in [0, 0.05) is 32.7 Å². The van der Waals surface area contributed by atoms with E-state index in [0.717, 1.165) is 43.9 Å². The van der Waals surface area contributed by atoms with Crippen molar-refractivity contribution in [2.45, 2.75) is 25.9 Å². The second-order valence-corrected chi connectivity index (χ2v) is 6.34. The summed E-state index contributed by atoms with van der Waals surface area (Å²) in [5, 5.41) is 20.8. The number of tetrazole rings is 1. The van der Waals surface area contributed by atoms with Crippen molar-refractivity contribution in [2.24, 2.45) is 0 Å². The zero-order valence-electron chi connectivity index (χ0n) is 14.5. The Balaban J connectivity index is 1.49. The number of rotatable bonds is 6. The van der Waals surface area contributed by atoms with E-state index >= 15 is 0 Å². The second kappa shape index (κ2) is 8.17. The zero-order valence-corrected chi connectivity index (χ0v) is 14.5. The Morgan fingerprint density at radius 1 is 1.20 bits per heavy atom. The monoisotopic (exact) mass is 344 g/mol. The number of carbonyl (C=O) groups excluding carboxylic acids is 1. The first-order valence-electron chi connectivity index (χ1n) is 8.66. The third-order valence-electron chi connectivity index (χ3n) is 4.57. The van der Waals surface area contributed by atoms with Gasteiger partial charge in [-0.05, 0) is 34.5 Å². The lowest BCUT2D eigenvalue weighted by molar-refractivity contribution is -0.132. The minimum absolute atomic E-state index is 0.144. The van der Waals surface area contributed by atoms with Crippen LogP contribution >= 0.6 is 0 Å². The molecule has 1 saturated heterocycles. The first-order chi connectivity index (χ1) is 12.2. The van der Waals surface area contributed by atoms with Crippen LogP contribution in [0.25, 0.3) is 5.69 Å². The van der Waals surface area contributed by atoms with Crippen LogP contribution in [0, 0.1) is 0 Å². The molecule has 25 heavy (non-hydrogen) atoms. The molecule has 3 rings (SSSR count). The number of carbonyl (C=O) groups is 1.